The van der Waals surface area contributed by atoms with Crippen molar-refractivity contribution < 1.29 is 80.2 Å². The number of carbonyl (C=O) groups is 4. The van der Waals surface area contributed by atoms with Crippen molar-refractivity contribution in [2.75, 3.05) is 39.6 Å². The molecule has 0 amide bonds. The summed E-state index contributed by atoms with van der Waals surface area (Å²) in [4.78, 5) is 73.1. The lowest BCUT2D eigenvalue weighted by molar-refractivity contribution is -0.161. The Labute approximate surface area is 642 Å². The minimum absolute atomic E-state index is 0.00813. The van der Waals surface area contributed by atoms with Crippen molar-refractivity contribution >= 4 is 39.5 Å². The highest BCUT2D eigenvalue weighted by atomic mass is 31.2. The quantitative estimate of drug-likeness (QED) is 0.0169. The lowest BCUT2D eigenvalue weighted by Gasteiger charge is -2.21. The number of allylic oxidation sites excluding steroid dienone is 26. The van der Waals surface area contributed by atoms with Crippen molar-refractivity contribution in [3.05, 3.63) is 158 Å². The Balaban J connectivity index is 5.44. The second-order valence-corrected chi connectivity index (χ2v) is 29.5. The standard InChI is InChI=1S/C87H144O17P2/c1-5-9-13-17-21-25-29-33-36-39-40-43-45-49-52-56-60-64-68-72-85(90)98-78-83(104-87(92)74-70-66-62-58-54-50-46-42-38-35-31-27-23-19-15-11-7-3)80-102-106(95,96)100-76-81(88)75-99-105(93,94)101-79-82(103-86(91)73-69-65-61-57-53-47-32-28-24-20-16-12-8-4)77-97-84(89)71-67-63-59-55-51-48-44-41-37-34-30-26-22-18-14-10-6-2/h9-11,13-15,21-23,25-27,33-38,40,43-44,46,48,50,58,62,81-83,88H,5-8,12,16-20,24,28-32,39,41-42,45,47,49,51-57,59-61,63-80H2,1-4H3,(H,93,94)(H,95,96)/b13-9-,14-10-,15-11-,25-21-,26-22-,27-23-,36-33-,37-34-,38-35-,43-40-,48-44-,50-46-,62-58-. The molecular weight excluding hydrogens is 1380 g/mol. The largest absolute Gasteiger partial charge is 0.472 e. The fraction of sp³-hybridized carbons (Fsp3) is 0.655. The molecule has 0 spiro atoms. The highest BCUT2D eigenvalue weighted by molar-refractivity contribution is 7.47. The number of carbonyl (C=O) groups excluding carboxylic acids is 4. The van der Waals surface area contributed by atoms with Gasteiger partial charge in [0.15, 0.2) is 12.2 Å². The van der Waals surface area contributed by atoms with Gasteiger partial charge in [0.25, 0.3) is 0 Å². The van der Waals surface area contributed by atoms with E-state index in [2.05, 4.69) is 174 Å². The smallest absolute Gasteiger partial charge is 0.462 e. The van der Waals surface area contributed by atoms with Crippen LogP contribution in [0.4, 0.5) is 0 Å². The van der Waals surface area contributed by atoms with Crippen LogP contribution >= 0.6 is 15.6 Å². The van der Waals surface area contributed by atoms with E-state index in [0.717, 1.165) is 173 Å². The van der Waals surface area contributed by atoms with Crippen molar-refractivity contribution in [2.24, 2.45) is 0 Å². The Kier molecular flexibility index (Phi) is 73.9. The van der Waals surface area contributed by atoms with Gasteiger partial charge in [-0.2, -0.15) is 0 Å². The molecular formula is C87H144O17P2. The zero-order valence-electron chi connectivity index (χ0n) is 66.1. The molecule has 0 aromatic heterocycles. The third kappa shape index (κ3) is 76.9. The van der Waals surface area contributed by atoms with Gasteiger partial charge in [-0.3, -0.25) is 37.3 Å². The normalized spacial score (nSPS) is 14.7. The van der Waals surface area contributed by atoms with Crippen LogP contribution in [-0.2, 0) is 65.4 Å². The van der Waals surface area contributed by atoms with E-state index in [4.69, 9.17) is 37.0 Å². The number of hydrogen-bond acceptors (Lipinski definition) is 15. The molecule has 5 unspecified atom stereocenters. The number of unbranched alkanes of at least 4 members (excludes halogenated alkanes) is 23. The first-order chi connectivity index (χ1) is 51.7. The maximum absolute atomic E-state index is 13.1. The number of phosphoric ester groups is 2. The molecule has 0 saturated carbocycles. The Hall–Kier alpha value is -5.32. The fourth-order valence-corrected chi connectivity index (χ4v) is 12.0. The number of aliphatic hydroxyl groups is 1. The van der Waals surface area contributed by atoms with Crippen molar-refractivity contribution in [3.8, 4) is 0 Å². The van der Waals surface area contributed by atoms with E-state index >= 15 is 0 Å². The molecule has 0 saturated heterocycles. The van der Waals surface area contributed by atoms with Gasteiger partial charge >= 0.3 is 39.5 Å². The third-order valence-corrected chi connectivity index (χ3v) is 18.4. The molecule has 0 rings (SSSR count). The highest BCUT2D eigenvalue weighted by Crippen LogP contribution is 2.45. The second-order valence-electron chi connectivity index (χ2n) is 26.6. The molecule has 0 aliphatic carbocycles. The molecule has 5 atom stereocenters. The monoisotopic (exact) mass is 1520 g/mol. The van der Waals surface area contributed by atoms with Crippen molar-refractivity contribution in [2.45, 2.75) is 329 Å². The first kappa shape index (κ1) is 101. The third-order valence-electron chi connectivity index (χ3n) is 16.5. The molecule has 0 radical (unpaired) electrons. The van der Waals surface area contributed by atoms with E-state index in [1.165, 1.54) is 51.4 Å². The number of ether oxygens (including phenoxy) is 4. The van der Waals surface area contributed by atoms with Crippen molar-refractivity contribution in [3.63, 3.8) is 0 Å². The first-order valence-electron chi connectivity index (χ1n) is 40.7. The van der Waals surface area contributed by atoms with E-state index in [-0.39, 0.29) is 25.7 Å². The minimum atomic E-state index is -5.00. The maximum Gasteiger partial charge on any atom is 0.472 e. The molecule has 0 bridgehead atoms. The number of phosphoric acid groups is 2. The predicted octanol–water partition coefficient (Wildman–Crippen LogP) is 24.0. The van der Waals surface area contributed by atoms with Gasteiger partial charge in [-0.05, 0) is 141 Å². The predicted molar refractivity (Wildman–Crippen MR) is 436 cm³/mol. The van der Waals surface area contributed by atoms with Crippen LogP contribution in [0.2, 0.25) is 0 Å². The summed E-state index contributed by atoms with van der Waals surface area (Å²) in [7, 11) is -10.00. The summed E-state index contributed by atoms with van der Waals surface area (Å²) in [5.74, 6) is -2.29. The van der Waals surface area contributed by atoms with Crippen LogP contribution in [0.3, 0.4) is 0 Å². The van der Waals surface area contributed by atoms with E-state index in [1.54, 1.807) is 0 Å². The first-order valence-corrected chi connectivity index (χ1v) is 43.7. The van der Waals surface area contributed by atoms with Crippen molar-refractivity contribution in [1.82, 2.24) is 0 Å². The van der Waals surface area contributed by atoms with Crippen LogP contribution in [0.5, 0.6) is 0 Å². The minimum Gasteiger partial charge on any atom is -0.462 e. The lowest BCUT2D eigenvalue weighted by Crippen LogP contribution is -2.30. The van der Waals surface area contributed by atoms with E-state index < -0.39 is 97.5 Å². The van der Waals surface area contributed by atoms with E-state index in [0.29, 0.717) is 32.1 Å². The van der Waals surface area contributed by atoms with Gasteiger partial charge in [-0.25, -0.2) is 9.13 Å². The van der Waals surface area contributed by atoms with Gasteiger partial charge in [-0.1, -0.05) is 301 Å². The Morgan fingerprint density at radius 1 is 0.274 bits per heavy atom. The van der Waals surface area contributed by atoms with E-state index in [9.17, 15) is 43.2 Å². The highest BCUT2D eigenvalue weighted by Gasteiger charge is 2.30. The van der Waals surface area contributed by atoms with Crippen LogP contribution in [-0.4, -0.2) is 96.7 Å². The van der Waals surface area contributed by atoms with Crippen LogP contribution in [0, 0.1) is 0 Å². The lowest BCUT2D eigenvalue weighted by atomic mass is 10.0. The van der Waals surface area contributed by atoms with Gasteiger partial charge in [0, 0.05) is 25.7 Å². The molecule has 3 N–H and O–H groups in total. The van der Waals surface area contributed by atoms with Gasteiger partial charge in [0.1, 0.15) is 19.3 Å². The van der Waals surface area contributed by atoms with Crippen LogP contribution in [0.15, 0.2) is 158 Å². The summed E-state index contributed by atoms with van der Waals surface area (Å²) in [6.45, 7) is 4.44. The van der Waals surface area contributed by atoms with Gasteiger partial charge in [0.05, 0.1) is 26.4 Å². The van der Waals surface area contributed by atoms with Crippen LogP contribution < -0.4 is 0 Å². The SMILES string of the molecule is CC/C=C\C/C=C\C/C=C\C/C=C\C/C=C\CCCC(=O)OC(COC(=O)CCCCCCCC/C=C\C/C=C\C/C=C\C/C=C\CC)COP(=O)(O)OCC(O)COP(=O)(O)OCC(COC(=O)CCCCCC/C=C\C/C=C\C/C=C\C/C=C\CC)OC(=O)CCCCCCCCCCCCCCC. The van der Waals surface area contributed by atoms with Crippen LogP contribution in [0.25, 0.3) is 0 Å². The Morgan fingerprint density at radius 3 is 0.792 bits per heavy atom. The number of esters is 4. The molecule has 0 aromatic rings. The molecule has 106 heavy (non-hydrogen) atoms. The molecule has 0 aliphatic heterocycles. The van der Waals surface area contributed by atoms with Gasteiger partial charge in [-0.15, -0.1) is 0 Å². The number of aliphatic hydroxyl groups excluding tert-OH is 1. The fourth-order valence-electron chi connectivity index (χ4n) is 10.4. The summed E-state index contributed by atoms with van der Waals surface area (Å²) in [5.41, 5.74) is 0. The summed E-state index contributed by atoms with van der Waals surface area (Å²) in [5, 5.41) is 10.7. The maximum atomic E-state index is 13.1. The molecule has 0 fully saturated rings. The Morgan fingerprint density at radius 2 is 0.500 bits per heavy atom. The molecule has 17 nitrogen and oxygen atoms in total. The summed E-state index contributed by atoms with van der Waals surface area (Å²) < 4.78 is 68.6. The van der Waals surface area contributed by atoms with Gasteiger partial charge in [0.2, 0.25) is 0 Å². The number of hydrogen-bond donors (Lipinski definition) is 3. The van der Waals surface area contributed by atoms with E-state index in [1.807, 2.05) is 12.2 Å². The van der Waals surface area contributed by atoms with Crippen molar-refractivity contribution in [1.29, 1.82) is 0 Å². The molecule has 0 aliphatic rings. The molecule has 604 valence electrons. The number of rotatable bonds is 75. The second kappa shape index (κ2) is 77.8. The van der Waals surface area contributed by atoms with Crippen LogP contribution in [0.1, 0.15) is 310 Å². The topological polar surface area (TPSA) is 237 Å². The molecule has 19 heteroatoms. The Bertz CT molecular complexity index is 2630. The molecule has 0 aromatic carbocycles. The van der Waals surface area contributed by atoms with Gasteiger partial charge < -0.3 is 33.8 Å². The average Bonchev–Trinajstić information content (AvgIpc) is 0.899. The summed E-state index contributed by atoms with van der Waals surface area (Å²) in [6, 6.07) is 0. The molecule has 0 heterocycles. The average molecular weight is 1520 g/mol. The summed E-state index contributed by atoms with van der Waals surface area (Å²) in [6.07, 6.45) is 90.8. The summed E-state index contributed by atoms with van der Waals surface area (Å²) >= 11 is 0. The zero-order chi connectivity index (χ0) is 77.4. The zero-order valence-corrected chi connectivity index (χ0v) is 67.8.